The summed E-state index contributed by atoms with van der Waals surface area (Å²) < 4.78 is 26.8. The van der Waals surface area contributed by atoms with Crippen LogP contribution in [0.4, 0.5) is 5.69 Å². The van der Waals surface area contributed by atoms with Gasteiger partial charge in [0.1, 0.15) is 0 Å². The van der Waals surface area contributed by atoms with E-state index in [4.69, 9.17) is 22.4 Å². The van der Waals surface area contributed by atoms with Gasteiger partial charge in [-0.15, -0.1) is 0 Å². The summed E-state index contributed by atoms with van der Waals surface area (Å²) >= 11 is 5.90. The van der Waals surface area contributed by atoms with Crippen LogP contribution < -0.4 is 5.73 Å². The summed E-state index contributed by atoms with van der Waals surface area (Å²) in [6, 6.07) is 4.27. The van der Waals surface area contributed by atoms with Gasteiger partial charge in [-0.05, 0) is 31.0 Å². The summed E-state index contributed by atoms with van der Waals surface area (Å²) in [4.78, 5) is 0.122. The Labute approximate surface area is 124 Å². The number of rotatable bonds is 5. The molecule has 0 aliphatic heterocycles. The standard InChI is InChI=1S/C13H19ClN2O3S/c14-12-9-11(5-6-13(12)15)20(18,19)16(7-8-17)10-3-1-2-4-10/h5-6,9-10,17H,1-4,7-8,15H2. The fourth-order valence-electron chi connectivity index (χ4n) is 2.59. The van der Waals surface area contributed by atoms with Crippen LogP contribution in [0.15, 0.2) is 23.1 Å². The molecular formula is C13H19ClN2O3S. The number of halogens is 1. The number of nitrogen functional groups attached to an aromatic ring is 1. The minimum Gasteiger partial charge on any atom is -0.398 e. The monoisotopic (exact) mass is 318 g/mol. The number of hydrogen-bond donors (Lipinski definition) is 2. The van der Waals surface area contributed by atoms with E-state index in [9.17, 15) is 8.42 Å². The number of aliphatic hydroxyl groups is 1. The van der Waals surface area contributed by atoms with Crippen LogP contribution in [0.5, 0.6) is 0 Å². The van der Waals surface area contributed by atoms with Gasteiger partial charge in [-0.2, -0.15) is 4.31 Å². The van der Waals surface area contributed by atoms with Crippen molar-refractivity contribution < 1.29 is 13.5 Å². The number of aliphatic hydroxyl groups excluding tert-OH is 1. The van der Waals surface area contributed by atoms with Gasteiger partial charge in [-0.3, -0.25) is 0 Å². The van der Waals surface area contributed by atoms with E-state index < -0.39 is 10.0 Å². The molecule has 0 atom stereocenters. The summed E-state index contributed by atoms with van der Waals surface area (Å²) in [6.45, 7) is -0.0899. The molecule has 1 fully saturated rings. The van der Waals surface area contributed by atoms with Gasteiger partial charge in [-0.25, -0.2) is 8.42 Å². The van der Waals surface area contributed by atoms with Crippen LogP contribution in [0.2, 0.25) is 5.02 Å². The molecule has 0 bridgehead atoms. The van der Waals surface area contributed by atoms with Crippen LogP contribution in [0.25, 0.3) is 0 Å². The van der Waals surface area contributed by atoms with E-state index in [0.717, 1.165) is 25.7 Å². The molecule has 0 aromatic heterocycles. The van der Waals surface area contributed by atoms with Gasteiger partial charge < -0.3 is 10.8 Å². The Kier molecular flexibility index (Phi) is 4.90. The minimum atomic E-state index is -3.65. The molecule has 20 heavy (non-hydrogen) atoms. The lowest BCUT2D eigenvalue weighted by Gasteiger charge is -2.27. The van der Waals surface area contributed by atoms with Crippen LogP contribution >= 0.6 is 11.6 Å². The van der Waals surface area contributed by atoms with Gasteiger partial charge in [0, 0.05) is 12.6 Å². The van der Waals surface area contributed by atoms with Crippen LogP contribution in [-0.2, 0) is 10.0 Å². The van der Waals surface area contributed by atoms with Crippen molar-refractivity contribution in [3.8, 4) is 0 Å². The van der Waals surface area contributed by atoms with Crippen molar-refractivity contribution in [3.63, 3.8) is 0 Å². The van der Waals surface area contributed by atoms with Crippen molar-refractivity contribution in [1.82, 2.24) is 4.31 Å². The first-order valence-corrected chi connectivity index (χ1v) is 8.46. The number of benzene rings is 1. The maximum Gasteiger partial charge on any atom is 0.243 e. The summed E-state index contributed by atoms with van der Waals surface area (Å²) in [6.07, 6.45) is 3.71. The van der Waals surface area contributed by atoms with Gasteiger partial charge in [0.15, 0.2) is 0 Å². The molecule has 0 unspecified atom stereocenters. The van der Waals surface area contributed by atoms with E-state index in [1.807, 2.05) is 0 Å². The van der Waals surface area contributed by atoms with Crippen molar-refractivity contribution in [1.29, 1.82) is 0 Å². The Morgan fingerprint density at radius 1 is 1.35 bits per heavy atom. The molecule has 2 rings (SSSR count). The summed E-state index contributed by atoms with van der Waals surface area (Å²) in [5.74, 6) is 0. The largest absolute Gasteiger partial charge is 0.398 e. The molecule has 1 aromatic rings. The summed E-state index contributed by atoms with van der Waals surface area (Å²) in [5, 5.41) is 9.38. The van der Waals surface area contributed by atoms with E-state index in [-0.39, 0.29) is 29.1 Å². The van der Waals surface area contributed by atoms with Crippen molar-refractivity contribution in [2.24, 2.45) is 0 Å². The van der Waals surface area contributed by atoms with E-state index in [0.29, 0.717) is 5.69 Å². The van der Waals surface area contributed by atoms with E-state index in [1.54, 1.807) is 0 Å². The zero-order valence-corrected chi connectivity index (χ0v) is 12.7. The second kappa shape index (κ2) is 6.30. The Bertz CT molecular complexity index is 571. The predicted octanol–water partition coefficient (Wildman–Crippen LogP) is 1.85. The molecule has 112 valence electrons. The number of nitrogens with two attached hydrogens (primary N) is 1. The number of anilines is 1. The minimum absolute atomic E-state index is 0.0384. The molecule has 5 nitrogen and oxygen atoms in total. The molecule has 0 amide bonds. The second-order valence-electron chi connectivity index (χ2n) is 4.96. The average molecular weight is 319 g/mol. The fraction of sp³-hybridized carbons (Fsp3) is 0.538. The van der Waals surface area contributed by atoms with Crippen LogP contribution in [0, 0.1) is 0 Å². The molecule has 0 radical (unpaired) electrons. The number of sulfonamides is 1. The Balaban J connectivity index is 2.36. The topological polar surface area (TPSA) is 83.6 Å². The van der Waals surface area contributed by atoms with Gasteiger partial charge in [0.05, 0.1) is 22.2 Å². The Morgan fingerprint density at radius 3 is 2.55 bits per heavy atom. The molecule has 0 spiro atoms. The van der Waals surface area contributed by atoms with Crippen molar-refractivity contribution >= 4 is 27.3 Å². The lowest BCUT2D eigenvalue weighted by molar-refractivity contribution is 0.226. The molecular weight excluding hydrogens is 300 g/mol. The Hall–Kier alpha value is -0.820. The third-order valence-corrected chi connectivity index (χ3v) is 5.91. The summed E-state index contributed by atoms with van der Waals surface area (Å²) in [5.41, 5.74) is 5.96. The van der Waals surface area contributed by atoms with Gasteiger partial charge in [-0.1, -0.05) is 24.4 Å². The Morgan fingerprint density at radius 2 is 2.00 bits per heavy atom. The molecule has 1 saturated carbocycles. The first kappa shape index (κ1) is 15.6. The predicted molar refractivity (Wildman–Crippen MR) is 79.1 cm³/mol. The normalized spacial score (nSPS) is 16.9. The second-order valence-corrected chi connectivity index (χ2v) is 7.26. The SMILES string of the molecule is Nc1ccc(S(=O)(=O)N(CCO)C2CCCC2)cc1Cl. The van der Waals surface area contributed by atoms with E-state index in [1.165, 1.54) is 22.5 Å². The highest BCUT2D eigenvalue weighted by molar-refractivity contribution is 7.89. The van der Waals surface area contributed by atoms with Gasteiger partial charge in [0.25, 0.3) is 0 Å². The molecule has 3 N–H and O–H groups in total. The average Bonchev–Trinajstić information content (AvgIpc) is 2.92. The first-order chi connectivity index (χ1) is 9.46. The van der Waals surface area contributed by atoms with E-state index in [2.05, 4.69) is 0 Å². The molecule has 0 saturated heterocycles. The molecule has 1 aliphatic rings. The van der Waals surface area contributed by atoms with Crippen molar-refractivity contribution in [3.05, 3.63) is 23.2 Å². The molecule has 0 heterocycles. The fourth-order valence-corrected chi connectivity index (χ4v) is 4.54. The first-order valence-electron chi connectivity index (χ1n) is 6.64. The number of hydrogen-bond acceptors (Lipinski definition) is 4. The molecule has 1 aromatic carbocycles. The van der Waals surface area contributed by atoms with Crippen molar-refractivity contribution in [2.45, 2.75) is 36.6 Å². The van der Waals surface area contributed by atoms with Crippen LogP contribution in [-0.4, -0.2) is 37.0 Å². The quantitative estimate of drug-likeness (QED) is 0.811. The highest BCUT2D eigenvalue weighted by Gasteiger charge is 2.32. The van der Waals surface area contributed by atoms with Gasteiger partial charge >= 0.3 is 0 Å². The third-order valence-electron chi connectivity index (χ3n) is 3.63. The number of nitrogens with zero attached hydrogens (tertiary/aromatic N) is 1. The zero-order valence-electron chi connectivity index (χ0n) is 11.1. The van der Waals surface area contributed by atoms with E-state index >= 15 is 0 Å². The smallest absolute Gasteiger partial charge is 0.243 e. The zero-order chi connectivity index (χ0) is 14.8. The van der Waals surface area contributed by atoms with Crippen molar-refractivity contribution in [2.75, 3.05) is 18.9 Å². The highest BCUT2D eigenvalue weighted by Crippen LogP contribution is 2.30. The molecule has 7 heteroatoms. The van der Waals surface area contributed by atoms with Gasteiger partial charge in [0.2, 0.25) is 10.0 Å². The van der Waals surface area contributed by atoms with Crippen LogP contribution in [0.1, 0.15) is 25.7 Å². The third kappa shape index (κ3) is 3.09. The van der Waals surface area contributed by atoms with Crippen LogP contribution in [0.3, 0.4) is 0 Å². The maximum atomic E-state index is 12.7. The highest BCUT2D eigenvalue weighted by atomic mass is 35.5. The lowest BCUT2D eigenvalue weighted by Crippen LogP contribution is -2.40. The summed E-state index contributed by atoms with van der Waals surface area (Å²) in [7, 11) is -3.65. The lowest BCUT2D eigenvalue weighted by atomic mass is 10.2. The molecule has 1 aliphatic carbocycles. The maximum absolute atomic E-state index is 12.7.